The van der Waals surface area contributed by atoms with Crippen LogP contribution in [0.15, 0.2) is 24.3 Å². The molecule has 1 aromatic carbocycles. The van der Waals surface area contributed by atoms with Gasteiger partial charge in [0, 0.05) is 32.9 Å². The first-order chi connectivity index (χ1) is 9.13. The molecule has 0 aromatic heterocycles. The summed E-state index contributed by atoms with van der Waals surface area (Å²) in [6, 6.07) is 7.98. The van der Waals surface area contributed by atoms with E-state index in [-0.39, 0.29) is 12.5 Å². The van der Waals surface area contributed by atoms with Crippen molar-refractivity contribution in [2.75, 3.05) is 32.6 Å². The van der Waals surface area contributed by atoms with Crippen molar-refractivity contribution in [3.05, 3.63) is 29.8 Å². The molecule has 0 atom stereocenters. The maximum atomic E-state index is 11.6. The van der Waals surface area contributed by atoms with Gasteiger partial charge in [0.2, 0.25) is 5.91 Å². The van der Waals surface area contributed by atoms with Gasteiger partial charge >= 0.3 is 0 Å². The lowest BCUT2D eigenvalue weighted by atomic mass is 10.1. The molecule has 0 saturated heterocycles. The van der Waals surface area contributed by atoms with Gasteiger partial charge in [-0.15, -0.1) is 0 Å². The molecule has 0 unspecified atom stereocenters. The Balaban J connectivity index is 2.33. The van der Waals surface area contributed by atoms with Gasteiger partial charge < -0.3 is 15.3 Å². The Kier molecular flexibility index (Phi) is 6.97. The second kappa shape index (κ2) is 8.53. The van der Waals surface area contributed by atoms with Crippen LogP contribution < -0.4 is 5.32 Å². The fraction of sp³-hybridized carbons (Fsp3) is 0.533. The number of carbonyl (C=O) groups is 1. The van der Waals surface area contributed by atoms with Crippen LogP contribution in [0.3, 0.4) is 0 Å². The molecular weight excluding hydrogens is 240 g/mol. The zero-order valence-corrected chi connectivity index (χ0v) is 11.9. The number of benzene rings is 1. The van der Waals surface area contributed by atoms with E-state index in [1.54, 1.807) is 19.0 Å². The van der Waals surface area contributed by atoms with Crippen LogP contribution in [0.2, 0.25) is 0 Å². The predicted molar refractivity (Wildman–Crippen MR) is 78.3 cm³/mol. The summed E-state index contributed by atoms with van der Waals surface area (Å²) in [5.41, 5.74) is 2.11. The number of hydrogen-bond acceptors (Lipinski definition) is 3. The Bertz CT molecular complexity index is 374. The van der Waals surface area contributed by atoms with Crippen molar-refractivity contribution in [1.82, 2.24) is 4.90 Å². The summed E-state index contributed by atoms with van der Waals surface area (Å²) in [7, 11) is 3.54. The van der Waals surface area contributed by atoms with Crippen molar-refractivity contribution in [2.45, 2.75) is 25.7 Å². The number of hydrogen-bond donors (Lipinski definition) is 2. The second-order valence-electron chi connectivity index (χ2n) is 4.87. The number of nitrogens with one attached hydrogen (secondary N) is 1. The van der Waals surface area contributed by atoms with Crippen LogP contribution in [0.5, 0.6) is 0 Å². The van der Waals surface area contributed by atoms with Gasteiger partial charge in [-0.25, -0.2) is 0 Å². The molecular formula is C15H24N2O2. The summed E-state index contributed by atoms with van der Waals surface area (Å²) in [6.45, 7) is 1.19. The van der Waals surface area contributed by atoms with E-state index in [0.717, 1.165) is 37.1 Å². The molecule has 0 spiro atoms. The van der Waals surface area contributed by atoms with Gasteiger partial charge in [-0.05, 0) is 37.0 Å². The fourth-order valence-electron chi connectivity index (χ4n) is 1.72. The minimum atomic E-state index is 0.115. The average molecular weight is 264 g/mol. The van der Waals surface area contributed by atoms with E-state index < -0.39 is 0 Å². The Morgan fingerprint density at radius 2 is 1.84 bits per heavy atom. The lowest BCUT2D eigenvalue weighted by Crippen LogP contribution is -2.23. The smallest absolute Gasteiger partial charge is 0.226 e. The predicted octanol–water partition coefficient (Wildman–Crippen LogP) is 1.89. The molecule has 0 radical (unpaired) electrons. The topological polar surface area (TPSA) is 52.6 Å². The highest BCUT2D eigenvalue weighted by molar-refractivity contribution is 5.78. The van der Waals surface area contributed by atoms with Crippen molar-refractivity contribution in [2.24, 2.45) is 0 Å². The summed E-state index contributed by atoms with van der Waals surface area (Å²) < 4.78 is 0. The van der Waals surface area contributed by atoms with E-state index in [1.807, 2.05) is 24.3 Å². The Labute approximate surface area is 115 Å². The molecule has 4 nitrogen and oxygen atoms in total. The fourth-order valence-corrected chi connectivity index (χ4v) is 1.72. The molecule has 0 bridgehead atoms. The maximum absolute atomic E-state index is 11.6. The monoisotopic (exact) mass is 264 g/mol. The van der Waals surface area contributed by atoms with Gasteiger partial charge in [0.05, 0.1) is 6.42 Å². The first-order valence-corrected chi connectivity index (χ1v) is 6.77. The van der Waals surface area contributed by atoms with Crippen LogP contribution in [0, 0.1) is 0 Å². The summed E-state index contributed by atoms with van der Waals surface area (Å²) in [5.74, 6) is 0.115. The Morgan fingerprint density at radius 3 is 2.42 bits per heavy atom. The zero-order chi connectivity index (χ0) is 14.1. The van der Waals surface area contributed by atoms with Crippen LogP contribution in [-0.2, 0) is 11.2 Å². The van der Waals surface area contributed by atoms with E-state index in [9.17, 15) is 4.79 Å². The molecule has 2 N–H and O–H groups in total. The van der Waals surface area contributed by atoms with Crippen molar-refractivity contribution in [1.29, 1.82) is 0 Å². The van der Waals surface area contributed by atoms with Crippen LogP contribution in [0.25, 0.3) is 0 Å². The summed E-state index contributed by atoms with van der Waals surface area (Å²) in [5, 5.41) is 12.0. The van der Waals surface area contributed by atoms with Crippen molar-refractivity contribution >= 4 is 11.6 Å². The minimum Gasteiger partial charge on any atom is -0.396 e. The number of aliphatic hydroxyl groups is 1. The van der Waals surface area contributed by atoms with Crippen molar-refractivity contribution in [3.63, 3.8) is 0 Å². The highest BCUT2D eigenvalue weighted by atomic mass is 16.2. The molecule has 0 aliphatic carbocycles. The largest absolute Gasteiger partial charge is 0.396 e. The lowest BCUT2D eigenvalue weighted by molar-refractivity contribution is -0.127. The molecule has 1 aromatic rings. The Morgan fingerprint density at radius 1 is 1.16 bits per heavy atom. The normalized spacial score (nSPS) is 10.3. The highest BCUT2D eigenvalue weighted by Gasteiger charge is 2.04. The molecule has 4 heteroatoms. The number of amides is 1. The molecule has 0 aliphatic rings. The van der Waals surface area contributed by atoms with Gasteiger partial charge in [0.25, 0.3) is 0 Å². The summed E-state index contributed by atoms with van der Waals surface area (Å²) in [4.78, 5) is 13.2. The van der Waals surface area contributed by atoms with E-state index in [1.165, 1.54) is 0 Å². The second-order valence-corrected chi connectivity index (χ2v) is 4.87. The zero-order valence-electron chi connectivity index (χ0n) is 11.9. The number of aliphatic hydroxyl groups excluding tert-OH is 1. The number of likely N-dealkylation sites (N-methyl/N-ethyl adjacent to an activating group) is 1. The molecule has 0 heterocycles. The van der Waals surface area contributed by atoms with E-state index in [2.05, 4.69) is 5.32 Å². The number of anilines is 1. The van der Waals surface area contributed by atoms with Crippen molar-refractivity contribution < 1.29 is 9.90 Å². The van der Waals surface area contributed by atoms with Gasteiger partial charge in [-0.3, -0.25) is 4.79 Å². The molecule has 0 fully saturated rings. The number of carbonyl (C=O) groups excluding carboxylic acids is 1. The third kappa shape index (κ3) is 6.25. The van der Waals surface area contributed by atoms with Crippen LogP contribution in [-0.4, -0.2) is 43.2 Å². The molecule has 1 amide bonds. The van der Waals surface area contributed by atoms with Crippen LogP contribution in [0.4, 0.5) is 5.69 Å². The number of nitrogens with zero attached hydrogens (tertiary/aromatic N) is 1. The van der Waals surface area contributed by atoms with Crippen molar-refractivity contribution in [3.8, 4) is 0 Å². The van der Waals surface area contributed by atoms with E-state index in [0.29, 0.717) is 6.42 Å². The highest BCUT2D eigenvalue weighted by Crippen LogP contribution is 2.11. The minimum absolute atomic E-state index is 0.115. The molecule has 19 heavy (non-hydrogen) atoms. The first-order valence-electron chi connectivity index (χ1n) is 6.77. The molecule has 1 rings (SSSR count). The van der Waals surface area contributed by atoms with Gasteiger partial charge in [-0.1, -0.05) is 12.1 Å². The summed E-state index contributed by atoms with van der Waals surface area (Å²) >= 11 is 0. The number of rotatable bonds is 8. The maximum Gasteiger partial charge on any atom is 0.226 e. The lowest BCUT2D eigenvalue weighted by Gasteiger charge is -2.11. The first kappa shape index (κ1) is 15.5. The van der Waals surface area contributed by atoms with Crippen LogP contribution in [0.1, 0.15) is 24.8 Å². The van der Waals surface area contributed by atoms with Crippen LogP contribution >= 0.6 is 0 Å². The van der Waals surface area contributed by atoms with Gasteiger partial charge in [0.1, 0.15) is 0 Å². The quantitative estimate of drug-likeness (QED) is 0.705. The third-order valence-electron chi connectivity index (χ3n) is 2.97. The Hall–Kier alpha value is -1.55. The van der Waals surface area contributed by atoms with Gasteiger partial charge in [-0.2, -0.15) is 0 Å². The summed E-state index contributed by atoms with van der Waals surface area (Å²) in [6.07, 6.45) is 3.41. The SMILES string of the molecule is CN(C)C(=O)Cc1ccc(NCCCCCO)cc1. The average Bonchev–Trinajstić information content (AvgIpc) is 2.40. The van der Waals surface area contributed by atoms with Gasteiger partial charge in [0.15, 0.2) is 0 Å². The molecule has 0 aliphatic heterocycles. The molecule has 106 valence electrons. The van der Waals surface area contributed by atoms with E-state index in [4.69, 9.17) is 5.11 Å². The standard InChI is InChI=1S/C15H24N2O2/c1-17(2)15(19)12-13-6-8-14(9-7-13)16-10-4-3-5-11-18/h6-9,16,18H,3-5,10-12H2,1-2H3. The van der Waals surface area contributed by atoms with E-state index >= 15 is 0 Å². The molecule has 0 saturated carbocycles. The third-order valence-corrected chi connectivity index (χ3v) is 2.97. The number of unbranched alkanes of at least 4 members (excludes halogenated alkanes) is 2.